The largest absolute Gasteiger partial charge is 0.417 e. The molecule has 2 heterocycles. The molecular weight excluding hydrogens is 337 g/mol. The summed E-state index contributed by atoms with van der Waals surface area (Å²) in [6.07, 6.45) is -4.03. The molecule has 0 bridgehead atoms. The number of thiophene rings is 1. The van der Waals surface area contributed by atoms with Crippen LogP contribution >= 0.6 is 11.3 Å². The molecule has 0 amide bonds. The second-order valence-electron chi connectivity index (χ2n) is 5.37. The number of alkyl halides is 3. The van der Waals surface area contributed by atoms with Gasteiger partial charge in [-0.2, -0.15) is 23.7 Å². The monoisotopic (exact) mass is 348 g/mol. The van der Waals surface area contributed by atoms with Crippen LogP contribution in [0.15, 0.2) is 18.2 Å². The van der Waals surface area contributed by atoms with Crippen LogP contribution in [0.2, 0.25) is 0 Å². The number of hydrogen-bond acceptors (Lipinski definition) is 5. The van der Waals surface area contributed by atoms with Crippen molar-refractivity contribution < 1.29 is 13.2 Å². The van der Waals surface area contributed by atoms with Crippen LogP contribution in [0.1, 0.15) is 27.1 Å². The topological polar surface area (TPSA) is 76.8 Å². The van der Waals surface area contributed by atoms with Crippen molar-refractivity contribution in [2.45, 2.75) is 19.1 Å². The van der Waals surface area contributed by atoms with E-state index in [2.05, 4.69) is 6.07 Å². The molecule has 1 aromatic carbocycles. The van der Waals surface area contributed by atoms with Crippen molar-refractivity contribution in [2.75, 3.05) is 17.2 Å². The van der Waals surface area contributed by atoms with Crippen LogP contribution in [0.3, 0.4) is 0 Å². The van der Waals surface area contributed by atoms with Gasteiger partial charge >= 0.3 is 6.18 Å². The fourth-order valence-electron chi connectivity index (χ4n) is 2.83. The Morgan fingerprint density at radius 2 is 1.96 bits per heavy atom. The first-order chi connectivity index (χ1) is 11.3. The van der Waals surface area contributed by atoms with Gasteiger partial charge in [-0.3, -0.25) is 0 Å². The first-order valence-electron chi connectivity index (χ1n) is 7.01. The van der Waals surface area contributed by atoms with Gasteiger partial charge in [0.2, 0.25) is 0 Å². The third kappa shape index (κ3) is 2.66. The molecule has 122 valence electrons. The number of anilines is 2. The molecule has 4 nitrogen and oxygen atoms in total. The Labute approximate surface area is 140 Å². The number of hydrogen-bond donors (Lipinski definition) is 1. The van der Waals surface area contributed by atoms with E-state index in [0.29, 0.717) is 35.8 Å². The van der Waals surface area contributed by atoms with Gasteiger partial charge in [0.25, 0.3) is 0 Å². The van der Waals surface area contributed by atoms with Crippen LogP contribution < -0.4 is 10.6 Å². The first-order valence-corrected chi connectivity index (χ1v) is 7.83. The van der Waals surface area contributed by atoms with Crippen molar-refractivity contribution in [3.63, 3.8) is 0 Å². The third-order valence-electron chi connectivity index (χ3n) is 3.99. The van der Waals surface area contributed by atoms with Gasteiger partial charge in [0.15, 0.2) is 0 Å². The minimum absolute atomic E-state index is 0.393. The highest BCUT2D eigenvalue weighted by molar-refractivity contribution is 7.16. The highest BCUT2D eigenvalue weighted by Crippen LogP contribution is 2.38. The number of nitrogens with zero attached hydrogens (tertiary/aromatic N) is 3. The summed E-state index contributed by atoms with van der Waals surface area (Å²) in [6, 6.07) is 7.37. The number of halogens is 3. The number of rotatable bonds is 1. The number of nitriles is 2. The fourth-order valence-corrected chi connectivity index (χ4v) is 3.91. The number of fused-ring (bicyclic) bond motifs is 1. The second-order valence-corrected chi connectivity index (χ2v) is 6.50. The van der Waals surface area contributed by atoms with Crippen molar-refractivity contribution in [3.8, 4) is 12.1 Å². The van der Waals surface area contributed by atoms with Gasteiger partial charge in [0.05, 0.1) is 29.3 Å². The molecule has 1 aliphatic rings. The summed E-state index contributed by atoms with van der Waals surface area (Å²) in [5.41, 5.74) is 6.27. The molecule has 0 saturated heterocycles. The lowest BCUT2D eigenvalue weighted by Gasteiger charge is -2.29. The van der Waals surface area contributed by atoms with Gasteiger partial charge < -0.3 is 10.6 Å². The maximum atomic E-state index is 13.1. The zero-order valence-electron chi connectivity index (χ0n) is 12.3. The first kappa shape index (κ1) is 16.2. The molecule has 0 unspecified atom stereocenters. The van der Waals surface area contributed by atoms with E-state index in [0.717, 1.165) is 16.5 Å². The van der Waals surface area contributed by atoms with Crippen LogP contribution in [0.25, 0.3) is 0 Å². The van der Waals surface area contributed by atoms with Crippen molar-refractivity contribution in [1.29, 1.82) is 10.5 Å². The van der Waals surface area contributed by atoms with E-state index in [4.69, 9.17) is 16.3 Å². The molecule has 1 aliphatic heterocycles. The van der Waals surface area contributed by atoms with Gasteiger partial charge in [-0.15, -0.1) is 11.3 Å². The van der Waals surface area contributed by atoms with Crippen molar-refractivity contribution in [1.82, 2.24) is 0 Å². The number of nitrogens with two attached hydrogens (primary N) is 1. The molecule has 3 rings (SSSR count). The number of nitrogen functional groups attached to an aromatic ring is 1. The smallest absolute Gasteiger partial charge is 0.389 e. The van der Waals surface area contributed by atoms with Crippen molar-refractivity contribution in [3.05, 3.63) is 45.3 Å². The van der Waals surface area contributed by atoms with E-state index >= 15 is 0 Å². The van der Waals surface area contributed by atoms with Crippen LogP contribution in [0, 0.1) is 22.7 Å². The van der Waals surface area contributed by atoms with E-state index < -0.39 is 17.3 Å². The van der Waals surface area contributed by atoms with Crippen LogP contribution in [-0.2, 0) is 19.1 Å². The lowest BCUT2D eigenvalue weighted by Crippen LogP contribution is -2.30. The molecule has 2 N–H and O–H groups in total. The molecule has 0 spiro atoms. The summed E-state index contributed by atoms with van der Waals surface area (Å²) in [6.45, 7) is 0.885. The maximum absolute atomic E-state index is 13.1. The van der Waals surface area contributed by atoms with Crippen molar-refractivity contribution in [2.24, 2.45) is 0 Å². The molecule has 0 radical (unpaired) electrons. The summed E-state index contributed by atoms with van der Waals surface area (Å²) in [4.78, 5) is 2.70. The summed E-state index contributed by atoms with van der Waals surface area (Å²) in [5, 5.41) is 18.4. The maximum Gasteiger partial charge on any atom is 0.417 e. The summed E-state index contributed by atoms with van der Waals surface area (Å²) >= 11 is 1.30. The zero-order chi connectivity index (χ0) is 17.5. The highest BCUT2D eigenvalue weighted by Gasteiger charge is 2.34. The average molecular weight is 348 g/mol. The normalized spacial score (nSPS) is 14.0. The number of benzene rings is 1. The molecule has 1 aromatic heterocycles. The van der Waals surface area contributed by atoms with Gasteiger partial charge in [-0.1, -0.05) is 0 Å². The van der Waals surface area contributed by atoms with E-state index in [1.165, 1.54) is 23.5 Å². The molecule has 24 heavy (non-hydrogen) atoms. The fraction of sp³-hybridized carbons (Fsp3) is 0.250. The lowest BCUT2D eigenvalue weighted by molar-refractivity contribution is -0.137. The highest BCUT2D eigenvalue weighted by atomic mass is 32.1. The molecule has 8 heteroatoms. The Hall–Kier alpha value is -2.71. The lowest BCUT2D eigenvalue weighted by atomic mass is 10.0. The van der Waals surface area contributed by atoms with Crippen LogP contribution in [0.5, 0.6) is 0 Å². The molecular formula is C16H11F3N4S. The molecule has 2 aromatic rings. The Kier molecular flexibility index (Phi) is 3.86. The predicted molar refractivity (Wildman–Crippen MR) is 84.4 cm³/mol. The van der Waals surface area contributed by atoms with Crippen molar-refractivity contribution >= 4 is 22.0 Å². The van der Waals surface area contributed by atoms with E-state index in [1.807, 2.05) is 0 Å². The van der Waals surface area contributed by atoms with E-state index in [-0.39, 0.29) is 0 Å². The molecule has 0 fully saturated rings. The molecule has 0 aliphatic carbocycles. The standard InChI is InChI=1S/C16H11F3N4S/c17-16(18,19)13-5-10(2-1-9(13)6-20)23-4-3-11-12(7-21)15(22)24-14(11)8-23/h1-2,5H,3-4,8,22H2. The quantitative estimate of drug-likeness (QED) is 0.853. The Balaban J connectivity index is 1.97. The summed E-state index contributed by atoms with van der Waals surface area (Å²) in [5.74, 6) is 0. The van der Waals surface area contributed by atoms with Crippen LogP contribution in [-0.4, -0.2) is 6.54 Å². The third-order valence-corrected chi connectivity index (χ3v) is 5.04. The minimum Gasteiger partial charge on any atom is -0.389 e. The van der Waals surface area contributed by atoms with Gasteiger partial charge in [-0.25, -0.2) is 0 Å². The molecule has 0 saturated carbocycles. The molecule has 0 atom stereocenters. The minimum atomic E-state index is -4.58. The Morgan fingerprint density at radius 1 is 1.21 bits per heavy atom. The summed E-state index contributed by atoms with van der Waals surface area (Å²) < 4.78 is 39.3. The van der Waals surface area contributed by atoms with E-state index in [1.54, 1.807) is 11.0 Å². The van der Waals surface area contributed by atoms with Crippen LogP contribution in [0.4, 0.5) is 23.9 Å². The second kappa shape index (κ2) is 5.73. The average Bonchev–Trinajstić information content (AvgIpc) is 2.87. The zero-order valence-corrected chi connectivity index (χ0v) is 13.1. The summed E-state index contributed by atoms with van der Waals surface area (Å²) in [7, 11) is 0. The SMILES string of the molecule is N#Cc1ccc(N2CCc3c(sc(N)c3C#N)C2)cc1C(F)(F)F. The predicted octanol–water partition coefficient (Wildman–Crippen LogP) is 3.66. The van der Waals surface area contributed by atoms with Gasteiger partial charge in [-0.05, 0) is 30.2 Å². The van der Waals surface area contributed by atoms with Gasteiger partial charge in [0.1, 0.15) is 11.1 Å². The van der Waals surface area contributed by atoms with Gasteiger partial charge in [0, 0.05) is 17.1 Å². The Bertz CT molecular complexity index is 886. The van der Waals surface area contributed by atoms with E-state index in [9.17, 15) is 13.2 Å². The Morgan fingerprint density at radius 3 is 2.58 bits per heavy atom.